The third-order valence-electron chi connectivity index (χ3n) is 2.16. The molecule has 1 amide bonds. The smallest absolute Gasteiger partial charge is 0.395 e. The van der Waals surface area contributed by atoms with E-state index in [2.05, 4.69) is 5.10 Å². The summed E-state index contributed by atoms with van der Waals surface area (Å²) in [4.78, 5) is 11.5. The first-order valence-electron chi connectivity index (χ1n) is 4.92. The van der Waals surface area contributed by atoms with Gasteiger partial charge in [-0.25, -0.2) is 0 Å². The molecule has 0 spiro atoms. The average molecular weight is 250 g/mol. The molecule has 1 aromatic heterocycles. The summed E-state index contributed by atoms with van der Waals surface area (Å²) >= 11 is 0. The first-order chi connectivity index (χ1) is 7.76. The van der Waals surface area contributed by atoms with Crippen molar-refractivity contribution in [3.8, 4) is 0 Å². The number of anilines is 1. The molecule has 1 heterocycles. The summed E-state index contributed by atoms with van der Waals surface area (Å²) in [5.74, 6) is -0.880. The highest BCUT2D eigenvalue weighted by molar-refractivity contribution is 5.97. The molecule has 0 saturated heterocycles. The lowest BCUT2D eigenvalue weighted by Crippen LogP contribution is -2.35. The standard InChI is InChI=1S/C9H13F3N4O/c1-3-5-6(13)7(16(2)15-5)8(17)14-4-9(10,11)12/h3-4,13H2,1-2H3,(H,14,17). The largest absolute Gasteiger partial charge is 0.405 e. The Labute approximate surface area is 95.8 Å². The van der Waals surface area contributed by atoms with Gasteiger partial charge in [-0.2, -0.15) is 18.3 Å². The van der Waals surface area contributed by atoms with E-state index in [0.29, 0.717) is 12.1 Å². The maximum absolute atomic E-state index is 11.9. The summed E-state index contributed by atoms with van der Waals surface area (Å²) in [5.41, 5.74) is 6.19. The Morgan fingerprint density at radius 2 is 2.12 bits per heavy atom. The fourth-order valence-electron chi connectivity index (χ4n) is 1.39. The summed E-state index contributed by atoms with van der Waals surface area (Å²) in [6.07, 6.45) is -3.94. The number of alkyl halides is 3. The number of rotatable bonds is 3. The maximum atomic E-state index is 11.9. The van der Waals surface area contributed by atoms with Gasteiger partial charge in [0, 0.05) is 7.05 Å². The van der Waals surface area contributed by atoms with Gasteiger partial charge in [-0.15, -0.1) is 0 Å². The van der Waals surface area contributed by atoms with Crippen molar-refractivity contribution in [2.75, 3.05) is 12.3 Å². The van der Waals surface area contributed by atoms with Gasteiger partial charge in [0.2, 0.25) is 0 Å². The molecule has 0 fully saturated rings. The zero-order valence-electron chi connectivity index (χ0n) is 9.43. The number of nitrogens with one attached hydrogen (secondary N) is 1. The lowest BCUT2D eigenvalue weighted by atomic mass is 10.2. The van der Waals surface area contributed by atoms with E-state index in [1.165, 1.54) is 11.7 Å². The molecule has 0 radical (unpaired) electrons. The van der Waals surface area contributed by atoms with Crippen molar-refractivity contribution in [3.63, 3.8) is 0 Å². The number of nitrogens with zero attached hydrogens (tertiary/aromatic N) is 2. The summed E-state index contributed by atoms with van der Waals surface area (Å²) in [7, 11) is 1.46. The summed E-state index contributed by atoms with van der Waals surface area (Å²) in [6, 6.07) is 0. The number of carbonyl (C=O) groups excluding carboxylic acids is 1. The minimum Gasteiger partial charge on any atom is -0.395 e. The SMILES string of the molecule is CCc1nn(C)c(C(=O)NCC(F)(F)F)c1N. The molecule has 1 aromatic rings. The number of nitrogens with two attached hydrogens (primary N) is 1. The summed E-state index contributed by atoms with van der Waals surface area (Å²) in [6.45, 7) is 0.397. The Kier molecular flexibility index (Phi) is 3.64. The van der Waals surface area contributed by atoms with Gasteiger partial charge in [0.25, 0.3) is 5.91 Å². The van der Waals surface area contributed by atoms with Crippen LogP contribution in [0.5, 0.6) is 0 Å². The number of aryl methyl sites for hydroxylation is 2. The molecule has 0 atom stereocenters. The molecular weight excluding hydrogens is 237 g/mol. The monoisotopic (exact) mass is 250 g/mol. The lowest BCUT2D eigenvalue weighted by Gasteiger charge is -2.08. The topological polar surface area (TPSA) is 72.9 Å². The predicted molar refractivity (Wildman–Crippen MR) is 55.4 cm³/mol. The zero-order valence-corrected chi connectivity index (χ0v) is 9.43. The van der Waals surface area contributed by atoms with Crippen molar-refractivity contribution < 1.29 is 18.0 Å². The van der Waals surface area contributed by atoms with Crippen LogP contribution in [0.15, 0.2) is 0 Å². The lowest BCUT2D eigenvalue weighted by molar-refractivity contribution is -0.123. The Balaban J connectivity index is 2.86. The van der Waals surface area contributed by atoms with Crippen molar-refractivity contribution >= 4 is 11.6 Å². The van der Waals surface area contributed by atoms with Gasteiger partial charge in [0.1, 0.15) is 12.2 Å². The fraction of sp³-hybridized carbons (Fsp3) is 0.556. The first-order valence-corrected chi connectivity index (χ1v) is 4.92. The van der Waals surface area contributed by atoms with Crippen LogP contribution in [0.3, 0.4) is 0 Å². The highest BCUT2D eigenvalue weighted by Crippen LogP contribution is 2.17. The highest BCUT2D eigenvalue weighted by Gasteiger charge is 2.29. The third-order valence-corrected chi connectivity index (χ3v) is 2.16. The molecule has 5 nitrogen and oxygen atoms in total. The van der Waals surface area contributed by atoms with E-state index < -0.39 is 18.6 Å². The van der Waals surface area contributed by atoms with Gasteiger partial charge in [-0.1, -0.05) is 6.92 Å². The number of amides is 1. The van der Waals surface area contributed by atoms with E-state index in [-0.39, 0.29) is 11.4 Å². The van der Waals surface area contributed by atoms with Gasteiger partial charge in [-0.05, 0) is 6.42 Å². The van der Waals surface area contributed by atoms with E-state index in [0.717, 1.165) is 0 Å². The normalized spacial score (nSPS) is 11.6. The molecule has 0 saturated carbocycles. The highest BCUT2D eigenvalue weighted by atomic mass is 19.4. The minimum absolute atomic E-state index is 0.0499. The molecule has 96 valence electrons. The average Bonchev–Trinajstić information content (AvgIpc) is 2.49. The van der Waals surface area contributed by atoms with Crippen molar-refractivity contribution in [2.24, 2.45) is 7.05 Å². The second kappa shape index (κ2) is 4.64. The van der Waals surface area contributed by atoms with Crippen molar-refractivity contribution in [1.82, 2.24) is 15.1 Å². The number of carbonyl (C=O) groups is 1. The Morgan fingerprint density at radius 1 is 1.53 bits per heavy atom. The van der Waals surface area contributed by atoms with E-state index in [9.17, 15) is 18.0 Å². The molecule has 8 heteroatoms. The predicted octanol–water partition coefficient (Wildman–Crippen LogP) is 0.857. The molecular formula is C9H13F3N4O. The van der Waals surface area contributed by atoms with Crippen molar-refractivity contribution in [1.29, 1.82) is 0 Å². The number of hydrogen-bond donors (Lipinski definition) is 2. The van der Waals surface area contributed by atoms with Gasteiger partial charge < -0.3 is 11.1 Å². The first kappa shape index (κ1) is 13.3. The molecule has 0 unspecified atom stereocenters. The molecule has 0 bridgehead atoms. The van der Waals surface area contributed by atoms with Gasteiger partial charge in [0.05, 0.1) is 11.4 Å². The molecule has 17 heavy (non-hydrogen) atoms. The van der Waals surface area contributed by atoms with E-state index in [1.54, 1.807) is 12.2 Å². The van der Waals surface area contributed by atoms with Crippen LogP contribution in [0.25, 0.3) is 0 Å². The number of hydrogen-bond acceptors (Lipinski definition) is 3. The van der Waals surface area contributed by atoms with Crippen LogP contribution < -0.4 is 11.1 Å². The summed E-state index contributed by atoms with van der Waals surface area (Å²) < 4.78 is 37.0. The molecule has 0 aliphatic heterocycles. The van der Waals surface area contributed by atoms with Crippen molar-refractivity contribution in [2.45, 2.75) is 19.5 Å². The number of halogens is 3. The fourth-order valence-corrected chi connectivity index (χ4v) is 1.39. The van der Waals surface area contributed by atoms with Gasteiger partial charge >= 0.3 is 6.18 Å². The Bertz CT molecular complexity index is 425. The molecule has 1 rings (SSSR count). The molecule has 0 aliphatic carbocycles. The number of nitrogen functional groups attached to an aromatic ring is 1. The van der Waals surface area contributed by atoms with E-state index in [1.807, 2.05) is 0 Å². The Hall–Kier alpha value is -1.73. The van der Waals surface area contributed by atoms with Crippen LogP contribution in [0.4, 0.5) is 18.9 Å². The second-order valence-corrected chi connectivity index (χ2v) is 3.48. The van der Waals surface area contributed by atoms with Crippen LogP contribution >= 0.6 is 0 Å². The van der Waals surface area contributed by atoms with Crippen LogP contribution in [-0.2, 0) is 13.5 Å². The molecule has 0 aromatic carbocycles. The second-order valence-electron chi connectivity index (χ2n) is 3.48. The third kappa shape index (κ3) is 3.11. The quantitative estimate of drug-likeness (QED) is 0.835. The van der Waals surface area contributed by atoms with Crippen molar-refractivity contribution in [3.05, 3.63) is 11.4 Å². The van der Waals surface area contributed by atoms with Crippen LogP contribution in [0, 0.1) is 0 Å². The Morgan fingerprint density at radius 3 is 2.53 bits per heavy atom. The molecule has 3 N–H and O–H groups in total. The van der Waals surface area contributed by atoms with E-state index >= 15 is 0 Å². The minimum atomic E-state index is -4.45. The zero-order chi connectivity index (χ0) is 13.2. The van der Waals surface area contributed by atoms with E-state index in [4.69, 9.17) is 5.73 Å². The van der Waals surface area contributed by atoms with Gasteiger partial charge in [0.15, 0.2) is 0 Å². The maximum Gasteiger partial charge on any atom is 0.405 e. The number of aromatic nitrogens is 2. The van der Waals surface area contributed by atoms with Crippen LogP contribution in [0.1, 0.15) is 23.1 Å². The molecule has 0 aliphatic rings. The van der Waals surface area contributed by atoms with Crippen LogP contribution in [0.2, 0.25) is 0 Å². The van der Waals surface area contributed by atoms with Gasteiger partial charge in [-0.3, -0.25) is 9.48 Å². The summed E-state index contributed by atoms with van der Waals surface area (Å²) in [5, 5.41) is 5.70. The van der Waals surface area contributed by atoms with Crippen LogP contribution in [-0.4, -0.2) is 28.4 Å².